The number of allylic oxidation sites excluding steroid dienone is 1. The second-order valence-corrected chi connectivity index (χ2v) is 5.46. The van der Waals surface area contributed by atoms with E-state index in [1.54, 1.807) is 5.57 Å². The third-order valence-electron chi connectivity index (χ3n) is 3.98. The average molecular weight is 243 g/mol. The molecule has 1 aliphatic carbocycles. The molecule has 0 aromatic heterocycles. The van der Waals surface area contributed by atoms with Crippen LogP contribution < -0.4 is 5.32 Å². The molecule has 1 heteroatoms. The van der Waals surface area contributed by atoms with E-state index in [1.807, 2.05) is 0 Å². The van der Waals surface area contributed by atoms with E-state index >= 15 is 0 Å². The van der Waals surface area contributed by atoms with E-state index in [-0.39, 0.29) is 0 Å². The summed E-state index contributed by atoms with van der Waals surface area (Å²) in [5, 5.41) is 3.52. The van der Waals surface area contributed by atoms with Gasteiger partial charge in [-0.2, -0.15) is 0 Å². The van der Waals surface area contributed by atoms with Crippen LogP contribution in [0.2, 0.25) is 0 Å². The Bertz CT molecular complexity index is 431. The second kappa shape index (κ2) is 6.19. The fourth-order valence-electron chi connectivity index (χ4n) is 2.91. The Morgan fingerprint density at radius 2 is 1.94 bits per heavy atom. The molecule has 0 fully saturated rings. The number of nitrogens with one attached hydrogen (secondary N) is 1. The van der Waals surface area contributed by atoms with Crippen LogP contribution in [0.15, 0.2) is 29.8 Å². The van der Waals surface area contributed by atoms with Gasteiger partial charge in [0.25, 0.3) is 0 Å². The normalized spacial score (nSPS) is 18.1. The summed E-state index contributed by atoms with van der Waals surface area (Å²) < 4.78 is 0. The van der Waals surface area contributed by atoms with Crippen LogP contribution >= 0.6 is 0 Å². The standard InChI is InChI=1S/C17H25N/c1-13-10-11-14(2)16(12-13)17(18-3)15-8-6-4-5-7-9-15/h8,10-12,17-18H,4-7,9H2,1-3H3. The number of hydrogen-bond donors (Lipinski definition) is 1. The first-order chi connectivity index (χ1) is 8.72. The molecule has 2 rings (SSSR count). The lowest BCUT2D eigenvalue weighted by atomic mass is 9.91. The molecule has 1 nitrogen and oxygen atoms in total. The minimum atomic E-state index is 0.406. The predicted octanol–water partition coefficient (Wildman–Crippen LogP) is 4.45. The Kier molecular flexibility index (Phi) is 4.60. The van der Waals surface area contributed by atoms with Crippen LogP contribution in [0.4, 0.5) is 0 Å². The monoisotopic (exact) mass is 243 g/mol. The molecular weight excluding hydrogens is 218 g/mol. The quantitative estimate of drug-likeness (QED) is 0.773. The van der Waals surface area contributed by atoms with Gasteiger partial charge < -0.3 is 5.32 Å². The molecule has 1 unspecified atom stereocenters. The molecule has 0 saturated heterocycles. The summed E-state index contributed by atoms with van der Waals surface area (Å²) in [6, 6.07) is 7.18. The Hall–Kier alpha value is -1.08. The molecule has 0 aliphatic heterocycles. The summed E-state index contributed by atoms with van der Waals surface area (Å²) in [5.41, 5.74) is 5.78. The van der Waals surface area contributed by atoms with Crippen molar-refractivity contribution in [3.63, 3.8) is 0 Å². The minimum absolute atomic E-state index is 0.406. The minimum Gasteiger partial charge on any atom is -0.310 e. The first kappa shape index (κ1) is 13.4. The molecule has 1 aliphatic rings. The smallest absolute Gasteiger partial charge is 0.0536 e. The number of benzene rings is 1. The van der Waals surface area contributed by atoms with Crippen molar-refractivity contribution < 1.29 is 0 Å². The first-order valence-electron chi connectivity index (χ1n) is 7.15. The highest BCUT2D eigenvalue weighted by Crippen LogP contribution is 2.31. The van der Waals surface area contributed by atoms with Crippen LogP contribution in [0, 0.1) is 13.8 Å². The van der Waals surface area contributed by atoms with Crippen LogP contribution in [0.25, 0.3) is 0 Å². The Balaban J connectivity index is 2.32. The number of likely N-dealkylation sites (N-methyl/N-ethyl adjacent to an activating group) is 1. The van der Waals surface area contributed by atoms with Crippen molar-refractivity contribution in [3.05, 3.63) is 46.5 Å². The lowest BCUT2D eigenvalue weighted by molar-refractivity contribution is 0.626. The molecule has 1 atom stereocenters. The van der Waals surface area contributed by atoms with E-state index in [1.165, 1.54) is 48.8 Å². The van der Waals surface area contributed by atoms with Gasteiger partial charge in [-0.3, -0.25) is 0 Å². The molecular formula is C17H25N. The second-order valence-electron chi connectivity index (χ2n) is 5.46. The zero-order valence-corrected chi connectivity index (χ0v) is 11.9. The van der Waals surface area contributed by atoms with Gasteiger partial charge in [-0.05, 0) is 57.7 Å². The van der Waals surface area contributed by atoms with Gasteiger partial charge in [0.05, 0.1) is 6.04 Å². The molecule has 98 valence electrons. The Labute approximate surface area is 111 Å². The molecule has 0 amide bonds. The van der Waals surface area contributed by atoms with Crippen molar-refractivity contribution in [2.45, 2.75) is 52.0 Å². The highest BCUT2D eigenvalue weighted by Gasteiger charge is 2.17. The molecule has 1 aromatic rings. The molecule has 0 spiro atoms. The van der Waals surface area contributed by atoms with Gasteiger partial charge >= 0.3 is 0 Å². The molecule has 0 heterocycles. The maximum Gasteiger partial charge on any atom is 0.0536 e. The Morgan fingerprint density at radius 1 is 1.11 bits per heavy atom. The highest BCUT2D eigenvalue weighted by atomic mass is 14.9. The largest absolute Gasteiger partial charge is 0.310 e. The fraction of sp³-hybridized carbons (Fsp3) is 0.529. The van der Waals surface area contributed by atoms with Gasteiger partial charge in [0, 0.05) is 0 Å². The predicted molar refractivity (Wildman–Crippen MR) is 78.9 cm³/mol. The van der Waals surface area contributed by atoms with Crippen molar-refractivity contribution in [1.82, 2.24) is 5.32 Å². The molecule has 1 N–H and O–H groups in total. The van der Waals surface area contributed by atoms with Crippen LogP contribution in [0.5, 0.6) is 0 Å². The van der Waals surface area contributed by atoms with Crippen molar-refractivity contribution >= 4 is 0 Å². The van der Waals surface area contributed by atoms with Crippen molar-refractivity contribution in [1.29, 1.82) is 0 Å². The third kappa shape index (κ3) is 3.02. The summed E-state index contributed by atoms with van der Waals surface area (Å²) in [7, 11) is 2.08. The summed E-state index contributed by atoms with van der Waals surface area (Å²) in [5.74, 6) is 0. The highest BCUT2D eigenvalue weighted by molar-refractivity contribution is 5.37. The van der Waals surface area contributed by atoms with Crippen molar-refractivity contribution in [3.8, 4) is 0 Å². The van der Waals surface area contributed by atoms with Crippen LogP contribution in [0.3, 0.4) is 0 Å². The topological polar surface area (TPSA) is 12.0 Å². The van der Waals surface area contributed by atoms with E-state index < -0.39 is 0 Å². The van der Waals surface area contributed by atoms with Gasteiger partial charge in [0.2, 0.25) is 0 Å². The van der Waals surface area contributed by atoms with Crippen LogP contribution in [-0.4, -0.2) is 7.05 Å². The number of aryl methyl sites for hydroxylation is 2. The SMILES string of the molecule is CNC(C1=CCCCCC1)c1cc(C)ccc1C. The van der Waals surface area contributed by atoms with Crippen molar-refractivity contribution in [2.24, 2.45) is 0 Å². The van der Waals surface area contributed by atoms with E-state index in [0.717, 1.165) is 0 Å². The lowest BCUT2D eigenvalue weighted by Crippen LogP contribution is -2.20. The maximum absolute atomic E-state index is 3.52. The molecule has 0 saturated carbocycles. The summed E-state index contributed by atoms with van der Waals surface area (Å²) in [4.78, 5) is 0. The zero-order valence-electron chi connectivity index (χ0n) is 11.9. The summed E-state index contributed by atoms with van der Waals surface area (Å²) in [6.07, 6.45) is 9.04. The summed E-state index contributed by atoms with van der Waals surface area (Å²) >= 11 is 0. The van der Waals surface area contributed by atoms with Gasteiger partial charge in [-0.25, -0.2) is 0 Å². The van der Waals surface area contributed by atoms with Gasteiger partial charge in [-0.1, -0.05) is 41.8 Å². The van der Waals surface area contributed by atoms with E-state index in [2.05, 4.69) is 50.5 Å². The maximum atomic E-state index is 3.52. The van der Waals surface area contributed by atoms with Gasteiger partial charge in [-0.15, -0.1) is 0 Å². The summed E-state index contributed by atoms with van der Waals surface area (Å²) in [6.45, 7) is 4.40. The molecule has 0 bridgehead atoms. The molecule has 0 radical (unpaired) electrons. The van der Waals surface area contributed by atoms with Gasteiger partial charge in [0.1, 0.15) is 0 Å². The third-order valence-corrected chi connectivity index (χ3v) is 3.98. The fourth-order valence-corrected chi connectivity index (χ4v) is 2.91. The molecule has 18 heavy (non-hydrogen) atoms. The van der Waals surface area contributed by atoms with Crippen LogP contribution in [-0.2, 0) is 0 Å². The molecule has 1 aromatic carbocycles. The average Bonchev–Trinajstić information content (AvgIpc) is 2.64. The van der Waals surface area contributed by atoms with Gasteiger partial charge in [0.15, 0.2) is 0 Å². The van der Waals surface area contributed by atoms with Crippen LogP contribution in [0.1, 0.15) is 54.8 Å². The number of hydrogen-bond acceptors (Lipinski definition) is 1. The van der Waals surface area contributed by atoms with E-state index in [0.29, 0.717) is 6.04 Å². The Morgan fingerprint density at radius 3 is 2.72 bits per heavy atom. The van der Waals surface area contributed by atoms with E-state index in [9.17, 15) is 0 Å². The first-order valence-corrected chi connectivity index (χ1v) is 7.15. The van der Waals surface area contributed by atoms with Crippen molar-refractivity contribution in [2.75, 3.05) is 7.05 Å². The lowest BCUT2D eigenvalue weighted by Gasteiger charge is -2.22. The zero-order chi connectivity index (χ0) is 13.0. The number of rotatable bonds is 3. The van der Waals surface area contributed by atoms with E-state index in [4.69, 9.17) is 0 Å².